The number of aromatic amines is 1. The number of nitrogens with two attached hydrogens (primary N) is 1. The van der Waals surface area contributed by atoms with Crippen LogP contribution in [0.4, 0.5) is 5.69 Å². The number of nitriles is 1. The van der Waals surface area contributed by atoms with Gasteiger partial charge in [0.05, 0.1) is 11.6 Å². The van der Waals surface area contributed by atoms with E-state index in [1.54, 1.807) is 6.07 Å². The number of hydrogen-bond donors (Lipinski definition) is 2. The van der Waals surface area contributed by atoms with E-state index in [1.165, 1.54) is 10.9 Å². The molecule has 7 nitrogen and oxygen atoms in total. The van der Waals surface area contributed by atoms with Crippen molar-refractivity contribution in [3.05, 3.63) is 65.5 Å². The van der Waals surface area contributed by atoms with Gasteiger partial charge in [0.25, 0.3) is 5.91 Å². The number of anilines is 1. The molecule has 1 fully saturated rings. The molecule has 0 spiro atoms. The fourth-order valence-corrected chi connectivity index (χ4v) is 4.68. The minimum Gasteiger partial charge on any atom is -0.451 e. The lowest BCUT2D eigenvalue weighted by atomic mass is 10.1. The number of aromatic nitrogens is 1. The summed E-state index contributed by atoms with van der Waals surface area (Å²) in [5, 5.41) is 11.2. The maximum absolute atomic E-state index is 11.4. The van der Waals surface area contributed by atoms with E-state index in [1.807, 2.05) is 30.3 Å². The zero-order valence-corrected chi connectivity index (χ0v) is 20.6. The van der Waals surface area contributed by atoms with Crippen LogP contribution >= 0.6 is 17.0 Å². The molecule has 1 saturated heterocycles. The molecule has 1 aliphatic rings. The Balaban J connectivity index is 0.00000274. The van der Waals surface area contributed by atoms with Gasteiger partial charge in [-0.2, -0.15) is 5.26 Å². The molecule has 0 saturated carbocycles. The van der Waals surface area contributed by atoms with Crippen molar-refractivity contribution < 1.29 is 9.21 Å². The highest BCUT2D eigenvalue weighted by Gasteiger charge is 2.18. The summed E-state index contributed by atoms with van der Waals surface area (Å²) in [4.78, 5) is 19.6. The Bertz CT molecular complexity index is 1340. The maximum Gasteiger partial charge on any atom is 0.284 e. The van der Waals surface area contributed by atoms with E-state index in [2.05, 4.69) is 33.1 Å². The average molecular weight is 522 g/mol. The van der Waals surface area contributed by atoms with Crippen molar-refractivity contribution in [2.45, 2.75) is 19.3 Å². The van der Waals surface area contributed by atoms with Crippen LogP contribution in [0.25, 0.3) is 21.9 Å². The molecule has 0 aliphatic carbocycles. The van der Waals surface area contributed by atoms with Gasteiger partial charge in [-0.1, -0.05) is 0 Å². The molecule has 4 aromatic rings. The van der Waals surface area contributed by atoms with Crippen molar-refractivity contribution >= 4 is 50.4 Å². The fourth-order valence-electron chi connectivity index (χ4n) is 4.68. The van der Waals surface area contributed by atoms with Gasteiger partial charge in [0.15, 0.2) is 5.76 Å². The summed E-state index contributed by atoms with van der Waals surface area (Å²) in [5.41, 5.74) is 10.3. The summed E-state index contributed by atoms with van der Waals surface area (Å²) in [6.07, 6.45) is 5.38. The molecular weight excluding hydrogens is 494 g/mol. The van der Waals surface area contributed by atoms with Crippen molar-refractivity contribution in [2.24, 2.45) is 5.73 Å². The van der Waals surface area contributed by atoms with Gasteiger partial charge in [-0.05, 0) is 73.8 Å². The number of primary amides is 1. The Labute approximate surface area is 208 Å². The van der Waals surface area contributed by atoms with E-state index >= 15 is 0 Å². The summed E-state index contributed by atoms with van der Waals surface area (Å²) in [7, 11) is 0. The maximum atomic E-state index is 11.4. The summed E-state index contributed by atoms with van der Waals surface area (Å²) >= 11 is 0. The number of aryl methyl sites for hydroxylation is 1. The van der Waals surface area contributed by atoms with Gasteiger partial charge in [0.2, 0.25) is 0 Å². The minimum absolute atomic E-state index is 0. The quantitative estimate of drug-likeness (QED) is 0.345. The van der Waals surface area contributed by atoms with Crippen molar-refractivity contribution in [2.75, 3.05) is 37.6 Å². The molecule has 3 heterocycles. The topological polar surface area (TPSA) is 102 Å². The first-order chi connectivity index (χ1) is 16.1. The van der Waals surface area contributed by atoms with Crippen LogP contribution in [-0.4, -0.2) is 48.5 Å². The van der Waals surface area contributed by atoms with Crippen LogP contribution in [0.2, 0.25) is 0 Å². The number of amides is 1. The number of carbonyl (C=O) groups is 1. The molecule has 0 unspecified atom stereocenters. The number of nitrogens with one attached hydrogen (secondary N) is 1. The predicted octanol–water partition coefficient (Wildman–Crippen LogP) is 4.61. The first kappa shape index (κ1) is 23.9. The summed E-state index contributed by atoms with van der Waals surface area (Å²) in [6.45, 7) is 5.13. The van der Waals surface area contributed by atoms with Crippen molar-refractivity contribution in [3.8, 4) is 6.07 Å². The number of carbonyl (C=O) groups excluding carboxylic acids is 1. The van der Waals surface area contributed by atoms with Gasteiger partial charge in [0.1, 0.15) is 5.58 Å². The fraction of sp³-hybridized carbons (Fsp3) is 0.308. The lowest BCUT2D eigenvalue weighted by Crippen LogP contribution is -2.46. The SMILES string of the molecule is Br.N#Cc1ccc2[nH]cc(CCCCN3CCN(c4ccc5oc(C(N)=O)cc5c4)CC3)c2c1. The highest BCUT2D eigenvalue weighted by atomic mass is 79.9. The zero-order chi connectivity index (χ0) is 22.8. The smallest absolute Gasteiger partial charge is 0.284 e. The number of rotatable bonds is 7. The second-order valence-corrected chi connectivity index (χ2v) is 8.67. The molecule has 5 rings (SSSR count). The van der Waals surface area contributed by atoms with E-state index in [-0.39, 0.29) is 22.7 Å². The van der Waals surface area contributed by atoms with E-state index < -0.39 is 5.91 Å². The Morgan fingerprint density at radius 1 is 1.09 bits per heavy atom. The molecular formula is C26H28BrN5O2. The van der Waals surface area contributed by atoms with E-state index in [4.69, 9.17) is 15.4 Å². The third kappa shape index (κ3) is 4.96. The lowest BCUT2D eigenvalue weighted by Gasteiger charge is -2.36. The first-order valence-electron chi connectivity index (χ1n) is 11.4. The number of nitrogens with zero attached hydrogens (tertiary/aromatic N) is 3. The number of benzene rings is 2. The Morgan fingerprint density at radius 3 is 2.68 bits per heavy atom. The molecule has 176 valence electrons. The molecule has 0 radical (unpaired) electrons. The lowest BCUT2D eigenvalue weighted by molar-refractivity contribution is 0.0976. The number of furan rings is 1. The third-order valence-electron chi connectivity index (χ3n) is 6.55. The van der Waals surface area contributed by atoms with Crippen LogP contribution in [0.3, 0.4) is 0 Å². The molecule has 1 amide bonds. The van der Waals surface area contributed by atoms with E-state index in [9.17, 15) is 4.79 Å². The standard InChI is InChI=1S/C26H27N5O2.BrH/c27-16-18-4-6-23-22(13-18)19(17-29-23)3-1-2-8-30-9-11-31(12-10-30)21-5-7-24-20(14-21)15-25(33-24)26(28)32;/h4-7,13-15,17,29H,1-3,8-12H2,(H2,28,32);1H. The molecule has 1 aliphatic heterocycles. The Kier molecular flexibility index (Phi) is 7.25. The van der Waals surface area contributed by atoms with Crippen molar-refractivity contribution in [1.29, 1.82) is 5.26 Å². The van der Waals surface area contributed by atoms with Gasteiger partial charge in [0, 0.05) is 54.4 Å². The van der Waals surface area contributed by atoms with Crippen molar-refractivity contribution in [3.63, 3.8) is 0 Å². The normalized spacial score (nSPS) is 14.3. The first-order valence-corrected chi connectivity index (χ1v) is 11.4. The summed E-state index contributed by atoms with van der Waals surface area (Å²) < 4.78 is 5.49. The zero-order valence-electron chi connectivity index (χ0n) is 18.9. The Morgan fingerprint density at radius 2 is 1.91 bits per heavy atom. The van der Waals surface area contributed by atoms with E-state index in [0.29, 0.717) is 11.1 Å². The average Bonchev–Trinajstić information content (AvgIpc) is 3.45. The molecule has 8 heteroatoms. The number of halogens is 1. The number of unbranched alkanes of at least 4 members (excludes halogenated alkanes) is 1. The molecule has 0 atom stereocenters. The van der Waals surface area contributed by atoms with Gasteiger partial charge >= 0.3 is 0 Å². The van der Waals surface area contributed by atoms with E-state index in [0.717, 1.165) is 68.6 Å². The van der Waals surface area contributed by atoms with Crippen LogP contribution in [0.1, 0.15) is 34.5 Å². The van der Waals surface area contributed by atoms with Crippen LogP contribution in [0, 0.1) is 11.3 Å². The van der Waals surface area contributed by atoms with Crippen LogP contribution in [0.15, 0.2) is 53.1 Å². The molecule has 3 N–H and O–H groups in total. The number of H-pyrrole nitrogens is 1. The molecule has 2 aromatic carbocycles. The van der Waals surface area contributed by atoms with Crippen LogP contribution in [-0.2, 0) is 6.42 Å². The number of piperazine rings is 1. The third-order valence-corrected chi connectivity index (χ3v) is 6.55. The van der Waals surface area contributed by atoms with Gasteiger partial charge in [-0.15, -0.1) is 17.0 Å². The van der Waals surface area contributed by atoms with Crippen LogP contribution in [0.5, 0.6) is 0 Å². The summed E-state index contributed by atoms with van der Waals surface area (Å²) in [5.74, 6) is -0.344. The van der Waals surface area contributed by atoms with Gasteiger partial charge in [-0.3, -0.25) is 9.69 Å². The number of hydrogen-bond acceptors (Lipinski definition) is 5. The highest BCUT2D eigenvalue weighted by molar-refractivity contribution is 8.93. The molecule has 34 heavy (non-hydrogen) atoms. The second kappa shape index (κ2) is 10.3. The van der Waals surface area contributed by atoms with Crippen molar-refractivity contribution in [1.82, 2.24) is 9.88 Å². The summed E-state index contributed by atoms with van der Waals surface area (Å²) in [6, 6.07) is 15.8. The largest absolute Gasteiger partial charge is 0.451 e. The predicted molar refractivity (Wildman–Crippen MR) is 140 cm³/mol. The highest BCUT2D eigenvalue weighted by Crippen LogP contribution is 2.26. The van der Waals surface area contributed by atoms with Gasteiger partial charge < -0.3 is 20.0 Å². The molecule has 2 aromatic heterocycles. The monoisotopic (exact) mass is 521 g/mol. The van der Waals surface area contributed by atoms with Crippen LogP contribution < -0.4 is 10.6 Å². The second-order valence-electron chi connectivity index (χ2n) is 8.67. The molecule has 0 bridgehead atoms. The van der Waals surface area contributed by atoms with Gasteiger partial charge in [-0.25, -0.2) is 0 Å². The Hall–Kier alpha value is -3.28. The minimum atomic E-state index is -0.544. The number of fused-ring (bicyclic) bond motifs is 2.